The van der Waals surface area contributed by atoms with Gasteiger partial charge in [0.2, 0.25) is 0 Å². The highest BCUT2D eigenvalue weighted by molar-refractivity contribution is 7.19. The van der Waals surface area contributed by atoms with E-state index in [1.807, 2.05) is 0 Å². The molecular formula is C73H50N2Si. The van der Waals surface area contributed by atoms with E-state index in [2.05, 4.69) is 312 Å². The first kappa shape index (κ1) is 44.0. The molecule has 0 aliphatic heterocycles. The van der Waals surface area contributed by atoms with Crippen molar-refractivity contribution in [1.29, 1.82) is 0 Å². The van der Waals surface area contributed by atoms with Gasteiger partial charge in [-0.3, -0.25) is 0 Å². The molecule has 0 radical (unpaired) electrons. The molecule has 356 valence electrons. The van der Waals surface area contributed by atoms with Gasteiger partial charge in [-0.25, -0.2) is 0 Å². The number of fused-ring (bicyclic) bond motifs is 9. The Labute approximate surface area is 443 Å². The molecule has 0 fully saturated rings. The molecule has 2 heterocycles. The van der Waals surface area contributed by atoms with Crippen LogP contribution in [0.25, 0.3) is 77.2 Å². The summed E-state index contributed by atoms with van der Waals surface area (Å²) in [5.41, 5.74) is 16.7. The van der Waals surface area contributed by atoms with Crippen molar-refractivity contribution >= 4 is 72.4 Å². The molecular weight excluding hydrogens is 933 g/mol. The van der Waals surface area contributed by atoms with Crippen molar-refractivity contribution in [2.75, 3.05) is 0 Å². The molecule has 15 rings (SSSR count). The summed E-state index contributed by atoms with van der Waals surface area (Å²) in [6.45, 7) is 0. The average Bonchev–Trinajstić information content (AvgIpc) is 4.17. The zero-order valence-electron chi connectivity index (χ0n) is 41.8. The maximum Gasteiger partial charge on any atom is 0.179 e. The molecule has 12 aromatic carbocycles. The lowest BCUT2D eigenvalue weighted by Gasteiger charge is -2.34. The summed E-state index contributed by atoms with van der Waals surface area (Å²) in [5.74, 6) is 0. The number of benzene rings is 12. The van der Waals surface area contributed by atoms with Gasteiger partial charge in [0.05, 0.1) is 27.5 Å². The predicted octanol–water partition coefficient (Wildman–Crippen LogP) is 15.3. The molecule has 2 nitrogen and oxygen atoms in total. The number of rotatable bonds is 9. The van der Waals surface area contributed by atoms with E-state index in [-0.39, 0.29) is 0 Å². The lowest BCUT2D eigenvalue weighted by atomic mass is 9.67. The molecule has 0 unspecified atom stereocenters. The third kappa shape index (κ3) is 6.40. The van der Waals surface area contributed by atoms with Crippen molar-refractivity contribution in [3.63, 3.8) is 0 Å². The van der Waals surface area contributed by atoms with Crippen LogP contribution in [-0.4, -0.2) is 17.2 Å². The van der Waals surface area contributed by atoms with Gasteiger partial charge >= 0.3 is 0 Å². The molecule has 3 heteroatoms. The van der Waals surface area contributed by atoms with Crippen LogP contribution in [0.4, 0.5) is 0 Å². The largest absolute Gasteiger partial charge is 0.309 e. The molecule has 0 saturated heterocycles. The Kier molecular flexibility index (Phi) is 10.2. The second kappa shape index (κ2) is 17.6. The highest BCUT2D eigenvalue weighted by atomic mass is 28.3. The van der Waals surface area contributed by atoms with Crippen molar-refractivity contribution in [1.82, 2.24) is 9.13 Å². The number of nitrogens with zero attached hydrogens (tertiary/aromatic N) is 2. The highest BCUT2D eigenvalue weighted by Crippen LogP contribution is 2.57. The van der Waals surface area contributed by atoms with Gasteiger partial charge in [-0.2, -0.15) is 0 Å². The Morgan fingerprint density at radius 1 is 0.263 bits per heavy atom. The van der Waals surface area contributed by atoms with Crippen LogP contribution in [0.1, 0.15) is 22.3 Å². The smallest absolute Gasteiger partial charge is 0.179 e. The van der Waals surface area contributed by atoms with Crippen molar-refractivity contribution in [2.45, 2.75) is 5.41 Å². The molecule has 1 aliphatic carbocycles. The summed E-state index contributed by atoms with van der Waals surface area (Å²) in [4.78, 5) is 0. The van der Waals surface area contributed by atoms with Gasteiger partial charge in [-0.15, -0.1) is 0 Å². The Balaban J connectivity index is 0.903. The fourth-order valence-electron chi connectivity index (χ4n) is 13.5. The minimum Gasteiger partial charge on any atom is -0.309 e. The SMILES string of the molecule is c1ccc(C2(c3ccccc3)c3ccccc3-c3cc(-c4cccc5c4c4ccccc4n5-c4ccc5c6ccccc6n(-c6ccc([Si](c7ccccc7)(c7ccccc7)c7ccccc7)cc6)c5c4)ccc32)cc1. The highest BCUT2D eigenvalue weighted by Gasteiger charge is 2.46. The van der Waals surface area contributed by atoms with Gasteiger partial charge in [-0.05, 0) is 114 Å². The molecule has 14 aromatic rings. The van der Waals surface area contributed by atoms with Crippen LogP contribution < -0.4 is 20.7 Å². The second-order valence-corrected chi connectivity index (χ2v) is 24.1. The van der Waals surface area contributed by atoms with E-state index in [0.717, 1.165) is 11.4 Å². The first-order valence-corrected chi connectivity index (χ1v) is 28.4. The molecule has 76 heavy (non-hydrogen) atoms. The van der Waals surface area contributed by atoms with Gasteiger partial charge in [0.1, 0.15) is 0 Å². The van der Waals surface area contributed by atoms with Crippen molar-refractivity contribution in [3.05, 3.63) is 326 Å². The third-order valence-electron chi connectivity index (χ3n) is 16.6. The first-order chi connectivity index (χ1) is 37.7. The van der Waals surface area contributed by atoms with Crippen LogP contribution in [0.5, 0.6) is 0 Å². The molecule has 1 aliphatic rings. The quantitative estimate of drug-likeness (QED) is 0.101. The Bertz CT molecular complexity index is 4350. The molecule has 2 aromatic heterocycles. The van der Waals surface area contributed by atoms with Crippen LogP contribution in [0.3, 0.4) is 0 Å². The molecule has 0 amide bonds. The summed E-state index contributed by atoms with van der Waals surface area (Å²) < 4.78 is 4.96. The van der Waals surface area contributed by atoms with Gasteiger partial charge < -0.3 is 9.13 Å². The molecule has 0 atom stereocenters. The maximum atomic E-state index is 2.48. The minimum absolute atomic E-state index is 0.447. The van der Waals surface area contributed by atoms with E-state index < -0.39 is 13.5 Å². The van der Waals surface area contributed by atoms with Gasteiger partial charge in [0, 0.05) is 32.9 Å². The zero-order valence-corrected chi connectivity index (χ0v) is 42.8. The van der Waals surface area contributed by atoms with Crippen LogP contribution in [0.15, 0.2) is 303 Å². The van der Waals surface area contributed by atoms with E-state index in [1.54, 1.807) is 0 Å². The van der Waals surface area contributed by atoms with Crippen molar-refractivity contribution < 1.29 is 0 Å². The van der Waals surface area contributed by atoms with Crippen LogP contribution in [-0.2, 0) is 5.41 Å². The van der Waals surface area contributed by atoms with E-state index in [4.69, 9.17) is 0 Å². The third-order valence-corrected chi connectivity index (χ3v) is 21.4. The Hall–Kier alpha value is -9.54. The Morgan fingerprint density at radius 3 is 1.34 bits per heavy atom. The van der Waals surface area contributed by atoms with Gasteiger partial charge in [0.25, 0.3) is 0 Å². The van der Waals surface area contributed by atoms with Crippen LogP contribution in [0.2, 0.25) is 0 Å². The predicted molar refractivity (Wildman–Crippen MR) is 321 cm³/mol. The summed E-state index contributed by atoms with van der Waals surface area (Å²) in [6, 6.07) is 113. The lowest BCUT2D eigenvalue weighted by Crippen LogP contribution is -2.74. The summed E-state index contributed by atoms with van der Waals surface area (Å²) in [5, 5.41) is 10.4. The van der Waals surface area contributed by atoms with Crippen molar-refractivity contribution in [2.24, 2.45) is 0 Å². The normalized spacial score (nSPS) is 12.8. The number of hydrogen-bond acceptors (Lipinski definition) is 0. The van der Waals surface area contributed by atoms with Crippen molar-refractivity contribution in [3.8, 4) is 33.6 Å². The Morgan fingerprint density at radius 2 is 0.711 bits per heavy atom. The summed E-state index contributed by atoms with van der Waals surface area (Å²) in [6.07, 6.45) is 0. The fourth-order valence-corrected chi connectivity index (χ4v) is 18.2. The number of hydrogen-bond donors (Lipinski definition) is 0. The van der Waals surface area contributed by atoms with Crippen LogP contribution in [0, 0.1) is 0 Å². The fraction of sp³-hybridized carbons (Fsp3) is 0.0137. The summed E-state index contributed by atoms with van der Waals surface area (Å²) >= 11 is 0. The second-order valence-electron chi connectivity index (χ2n) is 20.3. The van der Waals surface area contributed by atoms with E-state index in [0.29, 0.717) is 0 Å². The summed E-state index contributed by atoms with van der Waals surface area (Å²) in [7, 11) is -2.71. The number of aromatic nitrogens is 2. The monoisotopic (exact) mass is 982 g/mol. The lowest BCUT2D eigenvalue weighted by molar-refractivity contribution is 0.768. The minimum atomic E-state index is -2.71. The number of para-hydroxylation sites is 2. The van der Waals surface area contributed by atoms with E-state index in [1.165, 1.54) is 109 Å². The van der Waals surface area contributed by atoms with Crippen LogP contribution >= 0.6 is 0 Å². The molecule has 0 N–H and O–H groups in total. The average molecular weight is 983 g/mol. The maximum absolute atomic E-state index is 2.71. The zero-order chi connectivity index (χ0) is 50.2. The first-order valence-electron chi connectivity index (χ1n) is 26.4. The van der Waals surface area contributed by atoms with Gasteiger partial charge in [0.15, 0.2) is 8.07 Å². The van der Waals surface area contributed by atoms with E-state index in [9.17, 15) is 0 Å². The molecule has 0 saturated carbocycles. The van der Waals surface area contributed by atoms with Gasteiger partial charge in [-0.1, -0.05) is 255 Å². The molecule has 0 spiro atoms. The molecule has 0 bridgehead atoms. The standard InChI is InChI=1S/C73H50N2Si/c1-6-23-52(24-7-1)73(53-25-8-2-9-26-53)66-37-19-16-33-61(66)65-49-51(41-48-67(65)73)60-36-22-40-70-72(60)64-35-18-21-39-69(64)75(70)55-44-47-63-62-34-17-20-38-68(62)74(71(63)50-55)54-42-45-59(46-43-54)76(56-27-10-3-11-28-56,57-29-12-4-13-30-57)58-31-14-5-15-32-58/h1-50H. The topological polar surface area (TPSA) is 9.86 Å². The van der Waals surface area contributed by atoms with E-state index >= 15 is 0 Å².